The average molecular weight is 475 g/mol. The lowest BCUT2D eigenvalue weighted by molar-refractivity contribution is -0.153. The summed E-state index contributed by atoms with van der Waals surface area (Å²) in [7, 11) is -3.45. The van der Waals surface area contributed by atoms with Gasteiger partial charge in [0, 0.05) is 12.1 Å². The van der Waals surface area contributed by atoms with Gasteiger partial charge in [-0.25, -0.2) is 26.7 Å². The SMILES string of the molecule is CC(C)(C)OC(=O)CC1=N[C@@](C)(c2nc(N)ccc2F)[C@@H]2CC(F)(F)CN=[S@@]2(=O)C1(C)C. The normalized spacial score (nSPS) is 31.2. The Kier molecular flexibility index (Phi) is 5.68. The Morgan fingerprint density at radius 3 is 2.50 bits per heavy atom. The monoisotopic (exact) mass is 474 g/mol. The first-order valence-corrected chi connectivity index (χ1v) is 11.8. The van der Waals surface area contributed by atoms with E-state index in [0.717, 1.165) is 6.07 Å². The maximum absolute atomic E-state index is 14.9. The molecule has 0 aromatic carbocycles. The summed E-state index contributed by atoms with van der Waals surface area (Å²) in [6.45, 7) is 8.68. The predicted molar refractivity (Wildman–Crippen MR) is 117 cm³/mol. The van der Waals surface area contributed by atoms with E-state index >= 15 is 0 Å². The number of ether oxygens (including phenoxy) is 1. The number of nitrogen functional groups attached to an aromatic ring is 1. The number of fused-ring (bicyclic) bond motifs is 1. The third-order valence-corrected chi connectivity index (χ3v) is 9.46. The molecule has 32 heavy (non-hydrogen) atoms. The van der Waals surface area contributed by atoms with Gasteiger partial charge in [0.1, 0.15) is 35.0 Å². The summed E-state index contributed by atoms with van der Waals surface area (Å²) in [6, 6.07) is 2.29. The highest BCUT2D eigenvalue weighted by molar-refractivity contribution is 7.96. The maximum atomic E-state index is 14.9. The number of pyridine rings is 1. The molecule has 1 aromatic rings. The van der Waals surface area contributed by atoms with Crippen molar-refractivity contribution in [2.45, 2.75) is 81.4 Å². The van der Waals surface area contributed by atoms with E-state index in [-0.39, 0.29) is 23.6 Å². The fourth-order valence-corrected chi connectivity index (χ4v) is 7.50. The van der Waals surface area contributed by atoms with Crippen molar-refractivity contribution < 1.29 is 26.9 Å². The number of hydrogen-bond donors (Lipinski definition) is 1. The third kappa shape index (κ3) is 4.11. The Hall–Kier alpha value is -2.17. The average Bonchev–Trinajstić information content (AvgIpc) is 2.62. The van der Waals surface area contributed by atoms with Crippen molar-refractivity contribution in [3.05, 3.63) is 23.6 Å². The zero-order chi connectivity index (χ0) is 24.3. The van der Waals surface area contributed by atoms with Crippen LogP contribution >= 0.6 is 0 Å². The lowest BCUT2D eigenvalue weighted by atomic mass is 9.87. The van der Waals surface area contributed by atoms with Gasteiger partial charge in [0.05, 0.1) is 26.1 Å². The number of esters is 1. The highest BCUT2D eigenvalue weighted by Crippen LogP contribution is 2.50. The lowest BCUT2D eigenvalue weighted by Crippen LogP contribution is -2.61. The van der Waals surface area contributed by atoms with Gasteiger partial charge in [0.2, 0.25) is 0 Å². The van der Waals surface area contributed by atoms with E-state index in [4.69, 9.17) is 10.5 Å². The van der Waals surface area contributed by atoms with Crippen LogP contribution in [0, 0.1) is 5.82 Å². The minimum absolute atomic E-state index is 0.0395. The second-order valence-corrected chi connectivity index (χ2v) is 12.9. The van der Waals surface area contributed by atoms with Gasteiger partial charge in [-0.15, -0.1) is 0 Å². The Morgan fingerprint density at radius 1 is 1.28 bits per heavy atom. The van der Waals surface area contributed by atoms with Crippen molar-refractivity contribution in [1.29, 1.82) is 0 Å². The van der Waals surface area contributed by atoms with Gasteiger partial charge in [-0.1, -0.05) is 0 Å². The number of nitrogens with zero attached hydrogens (tertiary/aromatic N) is 3. The van der Waals surface area contributed by atoms with Crippen LogP contribution in [0.1, 0.15) is 60.1 Å². The van der Waals surface area contributed by atoms with Crippen LogP contribution in [0.3, 0.4) is 0 Å². The van der Waals surface area contributed by atoms with Crippen molar-refractivity contribution in [3.8, 4) is 0 Å². The molecule has 1 aromatic heterocycles. The lowest BCUT2D eigenvalue weighted by Gasteiger charge is -2.49. The van der Waals surface area contributed by atoms with Gasteiger partial charge in [-0.05, 0) is 53.7 Å². The topological polar surface area (TPSA) is 107 Å². The Morgan fingerprint density at radius 2 is 1.91 bits per heavy atom. The van der Waals surface area contributed by atoms with E-state index < -0.39 is 61.5 Å². The van der Waals surface area contributed by atoms with Crippen LogP contribution in [-0.4, -0.2) is 48.9 Å². The fraction of sp³-hybridized carbons (Fsp3) is 0.667. The second kappa shape index (κ2) is 7.43. The highest BCUT2D eigenvalue weighted by Gasteiger charge is 2.61. The summed E-state index contributed by atoms with van der Waals surface area (Å²) < 4.78 is 66.1. The molecule has 2 aliphatic rings. The first kappa shape index (κ1) is 24.5. The van der Waals surface area contributed by atoms with E-state index in [1.165, 1.54) is 13.0 Å². The summed E-state index contributed by atoms with van der Waals surface area (Å²) in [4.78, 5) is 21.2. The first-order valence-electron chi connectivity index (χ1n) is 10.2. The number of rotatable bonds is 3. The molecule has 3 rings (SSSR count). The minimum Gasteiger partial charge on any atom is -0.460 e. The Bertz CT molecular complexity index is 1100. The fourth-order valence-electron chi connectivity index (χ4n) is 4.20. The molecule has 0 unspecified atom stereocenters. The molecule has 7 nitrogen and oxygen atoms in total. The molecule has 0 aliphatic carbocycles. The van der Waals surface area contributed by atoms with Gasteiger partial charge >= 0.3 is 5.97 Å². The smallest absolute Gasteiger partial charge is 0.312 e. The predicted octanol–water partition coefficient (Wildman–Crippen LogP) is 3.86. The van der Waals surface area contributed by atoms with E-state index in [1.54, 1.807) is 34.6 Å². The van der Waals surface area contributed by atoms with E-state index in [9.17, 15) is 22.2 Å². The zero-order valence-electron chi connectivity index (χ0n) is 19.0. The third-order valence-electron chi connectivity index (χ3n) is 5.86. The highest BCUT2D eigenvalue weighted by atomic mass is 32.2. The molecule has 0 spiro atoms. The number of aliphatic imine (C=N–C) groups is 1. The van der Waals surface area contributed by atoms with Gasteiger partial charge in [-0.3, -0.25) is 9.79 Å². The summed E-state index contributed by atoms with van der Waals surface area (Å²) in [5.74, 6) is -4.73. The quantitative estimate of drug-likeness (QED) is 0.670. The Balaban J connectivity index is 2.26. The first-order chi connectivity index (χ1) is 14.4. The number of aromatic nitrogens is 1. The molecular formula is C21H29F3N4O3S. The van der Waals surface area contributed by atoms with Crippen LogP contribution in [0.2, 0.25) is 0 Å². The van der Waals surface area contributed by atoms with Gasteiger partial charge in [0.25, 0.3) is 5.92 Å². The minimum atomic E-state index is -3.45. The molecule has 2 N–H and O–H groups in total. The number of halogens is 3. The van der Waals surface area contributed by atoms with Crippen molar-refractivity contribution in [2.75, 3.05) is 12.3 Å². The molecule has 0 saturated carbocycles. The Labute approximate surface area is 186 Å². The largest absolute Gasteiger partial charge is 0.460 e. The molecular weight excluding hydrogens is 445 g/mol. The van der Waals surface area contributed by atoms with E-state index in [1.807, 2.05) is 0 Å². The molecule has 0 bridgehead atoms. The molecule has 178 valence electrons. The van der Waals surface area contributed by atoms with Crippen molar-refractivity contribution in [3.63, 3.8) is 0 Å². The molecule has 0 fully saturated rings. The maximum Gasteiger partial charge on any atom is 0.312 e. The molecule has 11 heteroatoms. The van der Waals surface area contributed by atoms with Crippen LogP contribution in [-0.2, 0) is 24.8 Å². The van der Waals surface area contributed by atoms with Crippen LogP contribution in [0.5, 0.6) is 0 Å². The van der Waals surface area contributed by atoms with Crippen molar-refractivity contribution in [2.24, 2.45) is 9.36 Å². The number of hydrogen-bond acceptors (Lipinski definition) is 7. The number of carbonyl (C=O) groups excluding carboxylic acids is 1. The number of alkyl halides is 2. The molecule has 0 saturated heterocycles. The van der Waals surface area contributed by atoms with Gasteiger partial charge in [-0.2, -0.15) is 0 Å². The number of carbonyl (C=O) groups is 1. The van der Waals surface area contributed by atoms with E-state index in [2.05, 4.69) is 14.3 Å². The van der Waals surface area contributed by atoms with E-state index in [0.29, 0.717) is 0 Å². The number of nitrogens with two attached hydrogens (primary N) is 1. The second-order valence-electron chi connectivity index (χ2n) is 9.95. The summed E-state index contributed by atoms with van der Waals surface area (Å²) >= 11 is 0. The van der Waals surface area contributed by atoms with Crippen LogP contribution in [0.4, 0.5) is 19.0 Å². The van der Waals surface area contributed by atoms with Crippen LogP contribution < -0.4 is 5.73 Å². The molecule has 3 atom stereocenters. The molecule has 0 radical (unpaired) electrons. The standard InChI is InChI=1S/C21H29F3N4O3S/c1-18(2,3)31-16(29)9-13-19(4,5)32(30)14(10-21(23,24)11-26-32)20(6,28-13)17-12(22)7-8-15(25)27-17/h7-8,14H,9-11H2,1-6H3,(H2,25,27)/t14-,20+,32-/m0/s1. The van der Waals surface area contributed by atoms with Crippen LogP contribution in [0.25, 0.3) is 0 Å². The zero-order valence-corrected chi connectivity index (χ0v) is 19.9. The molecule has 2 aliphatic heterocycles. The summed E-state index contributed by atoms with van der Waals surface area (Å²) in [5.41, 5.74) is 3.01. The van der Waals surface area contributed by atoms with Crippen LogP contribution in [0.15, 0.2) is 21.5 Å². The number of anilines is 1. The van der Waals surface area contributed by atoms with Crippen molar-refractivity contribution in [1.82, 2.24) is 4.98 Å². The molecule has 3 heterocycles. The molecule has 0 amide bonds. The summed E-state index contributed by atoms with van der Waals surface area (Å²) in [6.07, 6.45) is -1.16. The van der Waals surface area contributed by atoms with Gasteiger partial charge in [0.15, 0.2) is 0 Å². The van der Waals surface area contributed by atoms with Crippen molar-refractivity contribution >= 4 is 27.2 Å². The summed E-state index contributed by atoms with van der Waals surface area (Å²) in [5, 5.41) is -1.35. The van der Waals surface area contributed by atoms with Gasteiger partial charge < -0.3 is 10.5 Å².